The quantitative estimate of drug-likeness (QED) is 0.483. The number of hydrogen-bond acceptors (Lipinski definition) is 6. The SMILES string of the molecule is COC(=O)C[C@@H](NC(=O)[C@H]1C[C@H]1CNC(=O)OCC1c2ccccc2-c2ccccc21)C(=O)O. The number of nitrogens with one attached hydrogen (secondary N) is 2. The molecule has 178 valence electrons. The molecule has 0 saturated heterocycles. The van der Waals surface area contributed by atoms with Gasteiger partial charge in [0.25, 0.3) is 0 Å². The third-order valence-electron chi connectivity index (χ3n) is 6.32. The highest BCUT2D eigenvalue weighted by atomic mass is 16.5. The lowest BCUT2D eigenvalue weighted by molar-refractivity contribution is -0.148. The molecule has 1 fully saturated rings. The molecule has 2 aromatic rings. The van der Waals surface area contributed by atoms with Gasteiger partial charge in [0, 0.05) is 18.4 Å². The zero-order chi connectivity index (χ0) is 24.2. The van der Waals surface area contributed by atoms with Crippen LogP contribution >= 0.6 is 0 Å². The van der Waals surface area contributed by atoms with Crippen LogP contribution in [0.15, 0.2) is 48.5 Å². The Morgan fingerprint density at radius 3 is 2.24 bits per heavy atom. The predicted molar refractivity (Wildman–Crippen MR) is 121 cm³/mol. The largest absolute Gasteiger partial charge is 0.480 e. The van der Waals surface area contributed by atoms with Crippen molar-refractivity contribution < 1.29 is 33.8 Å². The highest BCUT2D eigenvalue weighted by Crippen LogP contribution is 2.44. The van der Waals surface area contributed by atoms with Crippen LogP contribution in [-0.2, 0) is 23.9 Å². The molecule has 0 unspecified atom stereocenters. The minimum Gasteiger partial charge on any atom is -0.480 e. The number of benzene rings is 2. The molecular weight excluding hydrogens is 440 g/mol. The molecule has 3 atom stereocenters. The lowest BCUT2D eigenvalue weighted by Crippen LogP contribution is -2.43. The van der Waals surface area contributed by atoms with Crippen molar-refractivity contribution in [1.82, 2.24) is 10.6 Å². The molecule has 9 heteroatoms. The molecule has 2 aliphatic carbocycles. The van der Waals surface area contributed by atoms with Gasteiger partial charge in [-0.2, -0.15) is 0 Å². The normalized spacial score (nSPS) is 18.7. The number of alkyl carbamates (subject to hydrolysis) is 1. The molecule has 2 aromatic carbocycles. The van der Waals surface area contributed by atoms with Gasteiger partial charge in [0.1, 0.15) is 12.6 Å². The van der Waals surface area contributed by atoms with Crippen LogP contribution < -0.4 is 10.6 Å². The molecule has 2 aliphatic rings. The number of amides is 2. The van der Waals surface area contributed by atoms with Crippen LogP contribution in [0.4, 0.5) is 4.79 Å². The number of methoxy groups -OCH3 is 1. The molecule has 1 saturated carbocycles. The van der Waals surface area contributed by atoms with Gasteiger partial charge >= 0.3 is 18.0 Å². The van der Waals surface area contributed by atoms with Crippen LogP contribution in [-0.4, -0.2) is 55.3 Å². The Bertz CT molecular complexity index is 1070. The molecule has 4 rings (SSSR count). The van der Waals surface area contributed by atoms with Crippen molar-refractivity contribution in [3.05, 3.63) is 59.7 Å². The lowest BCUT2D eigenvalue weighted by atomic mass is 9.98. The Morgan fingerprint density at radius 2 is 1.65 bits per heavy atom. The standard InChI is InChI=1S/C25H26N2O7/c1-33-22(28)11-21(24(30)31)27-23(29)19-10-14(19)12-26-25(32)34-13-20-17-8-4-2-6-15(17)16-7-3-5-9-18(16)20/h2-9,14,19-21H,10-13H2,1H3,(H,26,32)(H,27,29)(H,30,31)/t14-,19-,21+/m0/s1. The fraction of sp³-hybridized carbons (Fsp3) is 0.360. The minimum atomic E-state index is -1.35. The number of esters is 1. The van der Waals surface area contributed by atoms with Crippen molar-refractivity contribution in [3.8, 4) is 11.1 Å². The number of hydrogen-bond donors (Lipinski definition) is 3. The molecule has 0 spiro atoms. The molecule has 0 aliphatic heterocycles. The second-order valence-corrected chi connectivity index (χ2v) is 8.49. The molecule has 2 amide bonds. The Hall–Kier alpha value is -3.88. The number of carbonyl (C=O) groups is 4. The van der Waals surface area contributed by atoms with Crippen molar-refractivity contribution >= 4 is 23.9 Å². The van der Waals surface area contributed by atoms with Crippen molar-refractivity contribution in [2.45, 2.75) is 24.8 Å². The number of ether oxygens (including phenoxy) is 2. The fourth-order valence-electron chi connectivity index (χ4n) is 4.39. The number of carboxylic acid groups (broad SMARTS) is 1. The van der Waals surface area contributed by atoms with E-state index in [1.54, 1.807) is 0 Å². The number of carbonyl (C=O) groups excluding carboxylic acids is 3. The second kappa shape index (κ2) is 9.94. The van der Waals surface area contributed by atoms with Crippen LogP contribution in [0, 0.1) is 11.8 Å². The zero-order valence-electron chi connectivity index (χ0n) is 18.7. The number of aliphatic carboxylic acids is 1. The molecule has 9 nitrogen and oxygen atoms in total. The molecule has 34 heavy (non-hydrogen) atoms. The molecule has 0 radical (unpaired) electrons. The van der Waals surface area contributed by atoms with Gasteiger partial charge in [-0.1, -0.05) is 48.5 Å². The zero-order valence-corrected chi connectivity index (χ0v) is 18.7. The summed E-state index contributed by atoms with van der Waals surface area (Å²) in [6.07, 6.45) is -0.505. The second-order valence-electron chi connectivity index (χ2n) is 8.49. The van der Waals surface area contributed by atoms with Crippen LogP contribution in [0.5, 0.6) is 0 Å². The van der Waals surface area contributed by atoms with Gasteiger partial charge in [0.15, 0.2) is 0 Å². The summed E-state index contributed by atoms with van der Waals surface area (Å²) in [5.41, 5.74) is 4.53. The third kappa shape index (κ3) is 5.03. The fourth-order valence-corrected chi connectivity index (χ4v) is 4.39. The maximum absolute atomic E-state index is 12.3. The van der Waals surface area contributed by atoms with Gasteiger partial charge in [0.2, 0.25) is 5.91 Å². The van der Waals surface area contributed by atoms with Crippen molar-refractivity contribution in [1.29, 1.82) is 0 Å². The van der Waals surface area contributed by atoms with E-state index in [1.807, 2.05) is 36.4 Å². The van der Waals surface area contributed by atoms with Crippen molar-refractivity contribution in [2.75, 3.05) is 20.3 Å². The van der Waals surface area contributed by atoms with Crippen molar-refractivity contribution in [2.24, 2.45) is 11.8 Å². The Kier molecular flexibility index (Phi) is 6.81. The number of fused-ring (bicyclic) bond motifs is 3. The molecular formula is C25H26N2O7. The monoisotopic (exact) mass is 466 g/mol. The van der Waals surface area contributed by atoms with E-state index in [2.05, 4.69) is 27.5 Å². The first-order valence-electron chi connectivity index (χ1n) is 11.1. The summed E-state index contributed by atoms with van der Waals surface area (Å²) in [5.74, 6) is -3.08. The van der Waals surface area contributed by atoms with Crippen LogP contribution in [0.3, 0.4) is 0 Å². The smallest absolute Gasteiger partial charge is 0.407 e. The van der Waals surface area contributed by atoms with Crippen LogP contribution in [0.25, 0.3) is 11.1 Å². The predicted octanol–water partition coefficient (Wildman–Crippen LogP) is 2.29. The van der Waals surface area contributed by atoms with Crippen LogP contribution in [0.1, 0.15) is 29.9 Å². The van der Waals surface area contributed by atoms with Gasteiger partial charge in [-0.15, -0.1) is 0 Å². The Labute approximate surface area is 196 Å². The first kappa shape index (κ1) is 23.3. The molecule has 0 aromatic heterocycles. The van der Waals surface area contributed by atoms with E-state index in [0.29, 0.717) is 6.42 Å². The van der Waals surface area contributed by atoms with Crippen molar-refractivity contribution in [3.63, 3.8) is 0 Å². The van der Waals surface area contributed by atoms with Gasteiger partial charge in [-0.3, -0.25) is 9.59 Å². The molecule has 0 heterocycles. The summed E-state index contributed by atoms with van der Waals surface area (Å²) in [5, 5.41) is 14.2. The summed E-state index contributed by atoms with van der Waals surface area (Å²) in [6.45, 7) is 0.436. The Morgan fingerprint density at radius 1 is 1.03 bits per heavy atom. The summed E-state index contributed by atoms with van der Waals surface area (Å²) in [7, 11) is 1.15. The van der Waals surface area contributed by atoms with E-state index in [4.69, 9.17) is 4.74 Å². The first-order chi connectivity index (χ1) is 16.4. The van der Waals surface area contributed by atoms with Crippen LogP contribution in [0.2, 0.25) is 0 Å². The van der Waals surface area contributed by atoms with Gasteiger partial charge in [-0.25, -0.2) is 9.59 Å². The van der Waals surface area contributed by atoms with Gasteiger partial charge in [0.05, 0.1) is 13.5 Å². The highest BCUT2D eigenvalue weighted by Gasteiger charge is 2.44. The summed E-state index contributed by atoms with van der Waals surface area (Å²) in [4.78, 5) is 47.2. The van der Waals surface area contributed by atoms with E-state index in [1.165, 1.54) is 0 Å². The number of carboxylic acids is 1. The number of rotatable bonds is 9. The molecule has 0 bridgehead atoms. The van der Waals surface area contributed by atoms with Gasteiger partial charge < -0.3 is 25.2 Å². The highest BCUT2D eigenvalue weighted by molar-refractivity contribution is 5.89. The summed E-state index contributed by atoms with van der Waals surface area (Å²) < 4.78 is 9.94. The minimum absolute atomic E-state index is 0.0413. The van der Waals surface area contributed by atoms with E-state index >= 15 is 0 Å². The summed E-state index contributed by atoms with van der Waals surface area (Å²) >= 11 is 0. The van der Waals surface area contributed by atoms with E-state index < -0.39 is 42.3 Å². The van der Waals surface area contributed by atoms with E-state index in [0.717, 1.165) is 29.4 Å². The average Bonchev–Trinajstić information content (AvgIpc) is 3.56. The van der Waals surface area contributed by atoms with Gasteiger partial charge in [-0.05, 0) is 34.6 Å². The maximum Gasteiger partial charge on any atom is 0.407 e. The topological polar surface area (TPSA) is 131 Å². The maximum atomic E-state index is 12.3. The average molecular weight is 466 g/mol. The first-order valence-corrected chi connectivity index (χ1v) is 11.1. The van der Waals surface area contributed by atoms with E-state index in [-0.39, 0.29) is 25.0 Å². The lowest BCUT2D eigenvalue weighted by Gasteiger charge is -2.15. The van der Waals surface area contributed by atoms with E-state index in [9.17, 15) is 24.3 Å². The molecule has 3 N–H and O–H groups in total. The third-order valence-corrected chi connectivity index (χ3v) is 6.32. The summed E-state index contributed by atoms with van der Waals surface area (Å²) in [6, 6.07) is 14.8. The Balaban J connectivity index is 1.24.